The summed E-state index contributed by atoms with van der Waals surface area (Å²) in [5, 5.41) is 15.2. The third-order valence-electron chi connectivity index (χ3n) is 4.76. The predicted octanol–water partition coefficient (Wildman–Crippen LogP) is 3.65. The SMILES string of the molecule is CCN(C(=O)O)c1ccc2ccc3ncc(-c4cnn(C)c4)cc3c(=O)c2c1. The number of carbonyl (C=O) groups is 1. The summed E-state index contributed by atoms with van der Waals surface area (Å²) in [5.74, 6) is 0. The zero-order chi connectivity index (χ0) is 19.8. The van der Waals surface area contributed by atoms with Gasteiger partial charge in [0, 0.05) is 53.6 Å². The van der Waals surface area contributed by atoms with Gasteiger partial charge in [-0.25, -0.2) is 4.79 Å². The van der Waals surface area contributed by atoms with E-state index in [9.17, 15) is 14.7 Å². The van der Waals surface area contributed by atoms with Crippen LogP contribution in [0.3, 0.4) is 0 Å². The molecule has 2 aromatic carbocycles. The molecule has 0 spiro atoms. The van der Waals surface area contributed by atoms with Crippen LogP contribution in [0.15, 0.2) is 59.8 Å². The average Bonchev–Trinajstić information content (AvgIpc) is 3.07. The van der Waals surface area contributed by atoms with Gasteiger partial charge >= 0.3 is 6.09 Å². The van der Waals surface area contributed by atoms with Gasteiger partial charge in [0.05, 0.1) is 11.7 Å². The van der Waals surface area contributed by atoms with Gasteiger partial charge in [-0.1, -0.05) is 12.1 Å². The number of anilines is 1. The Kier molecular flexibility index (Phi) is 4.27. The number of hydrogen-bond donors (Lipinski definition) is 1. The van der Waals surface area contributed by atoms with Crippen molar-refractivity contribution in [3.05, 3.63) is 65.2 Å². The zero-order valence-corrected chi connectivity index (χ0v) is 15.5. The van der Waals surface area contributed by atoms with E-state index in [1.54, 1.807) is 48.3 Å². The Bertz CT molecular complexity index is 1280. The lowest BCUT2D eigenvalue weighted by atomic mass is 10.1. The Hall–Kier alpha value is -3.74. The molecule has 0 bridgehead atoms. The number of aryl methyl sites for hydroxylation is 1. The summed E-state index contributed by atoms with van der Waals surface area (Å²) >= 11 is 0. The van der Waals surface area contributed by atoms with Crippen LogP contribution in [0.2, 0.25) is 0 Å². The highest BCUT2D eigenvalue weighted by atomic mass is 16.4. The standard InChI is InChI=1S/C21H18N4O3/c1-3-25(21(27)28)16-6-4-13-5-7-19-18(20(26)17(13)9-16)8-14(10-22-19)15-11-23-24(2)12-15/h4-12H,3H2,1-2H3,(H,27,28). The summed E-state index contributed by atoms with van der Waals surface area (Å²) < 4.78 is 1.69. The summed E-state index contributed by atoms with van der Waals surface area (Å²) in [6.45, 7) is 2.04. The molecule has 0 unspecified atom stereocenters. The number of fused-ring (bicyclic) bond motifs is 2. The van der Waals surface area contributed by atoms with Crippen molar-refractivity contribution in [2.75, 3.05) is 11.4 Å². The van der Waals surface area contributed by atoms with Crippen molar-refractivity contribution < 1.29 is 9.90 Å². The fraction of sp³-hybridized carbons (Fsp3) is 0.143. The van der Waals surface area contributed by atoms with Crippen LogP contribution in [0.4, 0.5) is 10.5 Å². The first kappa shape index (κ1) is 17.7. The number of rotatable bonds is 3. The summed E-state index contributed by atoms with van der Waals surface area (Å²) in [6.07, 6.45) is 4.25. The van der Waals surface area contributed by atoms with E-state index < -0.39 is 6.09 Å². The lowest BCUT2D eigenvalue weighted by molar-refractivity contribution is 0.202. The topological polar surface area (TPSA) is 88.3 Å². The summed E-state index contributed by atoms with van der Waals surface area (Å²) in [5.41, 5.74) is 2.54. The van der Waals surface area contributed by atoms with Crippen LogP contribution < -0.4 is 10.3 Å². The van der Waals surface area contributed by atoms with Gasteiger partial charge in [0.2, 0.25) is 0 Å². The molecule has 0 saturated heterocycles. The second kappa shape index (κ2) is 6.77. The minimum absolute atomic E-state index is 0.184. The number of pyridine rings is 1. The molecule has 7 nitrogen and oxygen atoms in total. The molecule has 0 aliphatic heterocycles. The van der Waals surface area contributed by atoms with Crippen molar-refractivity contribution in [3.63, 3.8) is 0 Å². The first-order chi connectivity index (χ1) is 13.5. The fourth-order valence-electron chi connectivity index (χ4n) is 3.31. The number of carboxylic acid groups (broad SMARTS) is 1. The Balaban J connectivity index is 1.99. The molecule has 2 heterocycles. The predicted molar refractivity (Wildman–Crippen MR) is 109 cm³/mol. The van der Waals surface area contributed by atoms with Crippen molar-refractivity contribution in [3.8, 4) is 11.1 Å². The van der Waals surface area contributed by atoms with Gasteiger partial charge in [-0.15, -0.1) is 0 Å². The molecular formula is C21H18N4O3. The molecular weight excluding hydrogens is 356 g/mol. The highest BCUT2D eigenvalue weighted by Gasteiger charge is 2.14. The molecule has 1 N–H and O–H groups in total. The molecule has 0 radical (unpaired) electrons. The van der Waals surface area contributed by atoms with Crippen LogP contribution >= 0.6 is 0 Å². The first-order valence-electron chi connectivity index (χ1n) is 8.84. The molecule has 28 heavy (non-hydrogen) atoms. The molecule has 0 aliphatic rings. The monoisotopic (exact) mass is 374 g/mol. The van der Waals surface area contributed by atoms with E-state index in [-0.39, 0.29) is 5.43 Å². The van der Waals surface area contributed by atoms with Gasteiger partial charge < -0.3 is 5.11 Å². The molecule has 1 amide bonds. The lowest BCUT2D eigenvalue weighted by Gasteiger charge is -2.17. The largest absolute Gasteiger partial charge is 0.465 e. The summed E-state index contributed by atoms with van der Waals surface area (Å²) in [6, 6.07) is 10.5. The van der Waals surface area contributed by atoms with Crippen molar-refractivity contribution >= 4 is 33.5 Å². The van der Waals surface area contributed by atoms with Crippen molar-refractivity contribution in [2.45, 2.75) is 6.92 Å². The summed E-state index contributed by atoms with van der Waals surface area (Å²) in [7, 11) is 1.83. The Labute approximate surface area is 160 Å². The molecule has 0 aliphatic carbocycles. The second-order valence-electron chi connectivity index (χ2n) is 6.52. The van der Waals surface area contributed by atoms with Crippen LogP contribution in [0, 0.1) is 0 Å². The van der Waals surface area contributed by atoms with E-state index in [1.807, 2.05) is 25.4 Å². The van der Waals surface area contributed by atoms with E-state index in [4.69, 9.17) is 0 Å². The zero-order valence-electron chi connectivity index (χ0n) is 15.5. The maximum atomic E-state index is 13.3. The van der Waals surface area contributed by atoms with Gasteiger partial charge in [0.1, 0.15) is 0 Å². The number of aromatic nitrogens is 3. The Morgan fingerprint density at radius 2 is 1.89 bits per heavy atom. The molecule has 0 saturated carbocycles. The van der Waals surface area contributed by atoms with Gasteiger partial charge in [-0.2, -0.15) is 5.10 Å². The van der Waals surface area contributed by atoms with Crippen molar-refractivity contribution in [2.24, 2.45) is 7.05 Å². The molecule has 140 valence electrons. The van der Waals surface area contributed by atoms with Crippen LogP contribution in [0.5, 0.6) is 0 Å². The van der Waals surface area contributed by atoms with Crippen LogP contribution in [-0.2, 0) is 7.05 Å². The number of benzene rings is 1. The van der Waals surface area contributed by atoms with Crippen molar-refractivity contribution in [1.82, 2.24) is 14.8 Å². The highest BCUT2D eigenvalue weighted by Crippen LogP contribution is 2.24. The fourth-order valence-corrected chi connectivity index (χ4v) is 3.31. The van der Waals surface area contributed by atoms with Crippen molar-refractivity contribution in [1.29, 1.82) is 0 Å². The normalized spacial score (nSPS) is 11.1. The van der Waals surface area contributed by atoms with E-state index in [1.165, 1.54) is 4.90 Å². The van der Waals surface area contributed by atoms with E-state index in [0.717, 1.165) is 16.5 Å². The average molecular weight is 374 g/mol. The molecule has 0 fully saturated rings. The quantitative estimate of drug-likeness (QED) is 0.591. The van der Waals surface area contributed by atoms with E-state index in [0.29, 0.717) is 28.5 Å². The van der Waals surface area contributed by atoms with Gasteiger partial charge in [0.25, 0.3) is 0 Å². The van der Waals surface area contributed by atoms with E-state index in [2.05, 4.69) is 10.1 Å². The Morgan fingerprint density at radius 3 is 2.57 bits per heavy atom. The maximum Gasteiger partial charge on any atom is 0.411 e. The number of amides is 1. The molecule has 4 rings (SSSR count). The number of hydrogen-bond acceptors (Lipinski definition) is 4. The van der Waals surface area contributed by atoms with Crippen LogP contribution in [-0.4, -0.2) is 32.5 Å². The Morgan fingerprint density at radius 1 is 1.11 bits per heavy atom. The maximum absolute atomic E-state index is 13.3. The summed E-state index contributed by atoms with van der Waals surface area (Å²) in [4.78, 5) is 30.4. The molecule has 4 aromatic rings. The lowest BCUT2D eigenvalue weighted by Crippen LogP contribution is -2.28. The first-order valence-corrected chi connectivity index (χ1v) is 8.84. The minimum atomic E-state index is -1.06. The minimum Gasteiger partial charge on any atom is -0.465 e. The van der Waals surface area contributed by atoms with Gasteiger partial charge in [-0.05, 0) is 36.6 Å². The second-order valence-corrected chi connectivity index (χ2v) is 6.52. The molecule has 2 aromatic heterocycles. The number of nitrogens with zero attached hydrogens (tertiary/aromatic N) is 4. The smallest absolute Gasteiger partial charge is 0.411 e. The molecule has 0 atom stereocenters. The third kappa shape index (κ3) is 2.96. The molecule has 7 heteroatoms. The van der Waals surface area contributed by atoms with Gasteiger partial charge in [0.15, 0.2) is 5.43 Å². The highest BCUT2D eigenvalue weighted by molar-refractivity contribution is 5.96. The van der Waals surface area contributed by atoms with E-state index >= 15 is 0 Å². The third-order valence-corrected chi connectivity index (χ3v) is 4.76. The van der Waals surface area contributed by atoms with Crippen LogP contribution in [0.25, 0.3) is 32.8 Å². The van der Waals surface area contributed by atoms with Crippen LogP contribution in [0.1, 0.15) is 6.92 Å². The van der Waals surface area contributed by atoms with Gasteiger partial charge in [-0.3, -0.25) is 19.4 Å².